The Bertz CT molecular complexity index is 1390. The van der Waals surface area contributed by atoms with Crippen LogP contribution in [0.4, 0.5) is 5.69 Å². The Morgan fingerprint density at radius 1 is 1.18 bits per heavy atom. The van der Waals surface area contributed by atoms with Gasteiger partial charge in [0.05, 0.1) is 28.2 Å². The number of nitriles is 1. The molecule has 8 heteroatoms. The number of nitrogens with one attached hydrogen (secondary N) is 1. The first kappa shape index (κ1) is 21.0. The van der Waals surface area contributed by atoms with Crippen LogP contribution >= 0.6 is 0 Å². The highest BCUT2D eigenvalue weighted by atomic mass is 32.2. The largest absolute Gasteiger partial charge is 0.484 e. The Morgan fingerprint density at radius 3 is 2.65 bits per heavy atom. The molecule has 1 N–H and O–H groups in total. The molecule has 34 heavy (non-hydrogen) atoms. The highest BCUT2D eigenvalue weighted by molar-refractivity contribution is 7.87. The van der Waals surface area contributed by atoms with Crippen LogP contribution in [0.2, 0.25) is 0 Å². The fraction of sp³-hybridized carbons (Fsp3) is 0.308. The number of oxazole rings is 1. The summed E-state index contributed by atoms with van der Waals surface area (Å²) in [7, 11) is -1.03. The number of rotatable bonds is 8. The molecule has 2 aromatic heterocycles. The van der Waals surface area contributed by atoms with Crippen molar-refractivity contribution in [1.29, 1.82) is 5.26 Å². The summed E-state index contributed by atoms with van der Waals surface area (Å²) in [5.41, 5.74) is 4.41. The van der Waals surface area contributed by atoms with E-state index in [1.807, 2.05) is 42.5 Å². The van der Waals surface area contributed by atoms with Crippen LogP contribution in [0.1, 0.15) is 49.6 Å². The molecule has 2 aliphatic rings. The van der Waals surface area contributed by atoms with Gasteiger partial charge < -0.3 is 18.4 Å². The van der Waals surface area contributed by atoms with E-state index in [4.69, 9.17) is 9.15 Å². The maximum atomic E-state index is 12.2. The first-order chi connectivity index (χ1) is 16.7. The second-order valence-corrected chi connectivity index (χ2v) is 10.3. The lowest BCUT2D eigenvalue weighted by Gasteiger charge is -2.30. The summed E-state index contributed by atoms with van der Waals surface area (Å²) in [4.78, 5) is 4.11. The van der Waals surface area contributed by atoms with E-state index >= 15 is 0 Å². The smallest absolute Gasteiger partial charge is 0.232 e. The minimum atomic E-state index is -1.03. The first-order valence-corrected chi connectivity index (χ1v) is 12.8. The molecule has 4 aromatic rings. The minimum Gasteiger partial charge on any atom is -0.484 e. The molecule has 0 amide bonds. The van der Waals surface area contributed by atoms with E-state index in [0.29, 0.717) is 23.2 Å². The quantitative estimate of drug-likeness (QED) is 0.355. The highest BCUT2D eigenvalue weighted by Gasteiger charge is 2.29. The molecule has 6 rings (SSSR count). The number of anilines is 1. The van der Waals surface area contributed by atoms with Gasteiger partial charge in [0.25, 0.3) is 0 Å². The van der Waals surface area contributed by atoms with Crippen LogP contribution in [0, 0.1) is 11.3 Å². The van der Waals surface area contributed by atoms with Crippen molar-refractivity contribution in [3.05, 3.63) is 66.4 Å². The van der Waals surface area contributed by atoms with Crippen molar-refractivity contribution >= 4 is 27.6 Å². The van der Waals surface area contributed by atoms with Crippen molar-refractivity contribution in [3.63, 3.8) is 0 Å². The summed E-state index contributed by atoms with van der Waals surface area (Å²) >= 11 is 0. The average molecular weight is 473 g/mol. The van der Waals surface area contributed by atoms with E-state index < -0.39 is 11.0 Å². The number of ether oxygens (including phenoxy) is 1. The molecule has 1 unspecified atom stereocenters. The molecule has 0 aliphatic heterocycles. The van der Waals surface area contributed by atoms with E-state index in [9.17, 15) is 9.47 Å². The maximum absolute atomic E-state index is 12.2. The Morgan fingerprint density at radius 2 is 2.00 bits per heavy atom. The van der Waals surface area contributed by atoms with Gasteiger partial charge in [0.1, 0.15) is 29.1 Å². The van der Waals surface area contributed by atoms with Gasteiger partial charge in [-0.25, -0.2) is 9.19 Å². The summed E-state index contributed by atoms with van der Waals surface area (Å²) in [6.45, 7) is 0.247. The van der Waals surface area contributed by atoms with Crippen LogP contribution in [-0.4, -0.2) is 19.0 Å². The predicted octanol–water partition coefficient (Wildman–Crippen LogP) is 5.71. The minimum absolute atomic E-state index is 0.247. The number of fused-ring (bicyclic) bond motifs is 1. The predicted molar refractivity (Wildman–Crippen MR) is 131 cm³/mol. The lowest BCUT2D eigenvalue weighted by Crippen LogP contribution is -2.17. The van der Waals surface area contributed by atoms with Crippen LogP contribution < -0.4 is 9.46 Å². The van der Waals surface area contributed by atoms with E-state index in [0.717, 1.165) is 53.5 Å². The van der Waals surface area contributed by atoms with Gasteiger partial charge in [0, 0.05) is 23.2 Å². The molecule has 0 bridgehead atoms. The van der Waals surface area contributed by atoms with Gasteiger partial charge in [0.2, 0.25) is 5.89 Å². The number of nitrogens with zero attached hydrogens (tertiary/aromatic N) is 3. The Hall–Kier alpha value is -3.57. The van der Waals surface area contributed by atoms with Gasteiger partial charge in [-0.2, -0.15) is 5.26 Å². The summed E-state index contributed by atoms with van der Waals surface area (Å²) in [6, 6.07) is 16.6. The molecule has 7 nitrogen and oxygen atoms in total. The monoisotopic (exact) mass is 472 g/mol. The number of hydrogen-bond acceptors (Lipinski definition) is 5. The molecule has 0 radical (unpaired) electrons. The summed E-state index contributed by atoms with van der Waals surface area (Å²) < 4.78 is 28.8. The summed E-state index contributed by atoms with van der Waals surface area (Å²) in [5, 5.41) is 11.3. The molecule has 2 fully saturated rings. The SMILES string of the molecule is N#Cc1c(-c2ccc(NS(=O)C3CC3)cc2)n(C2CCC2)c2cc(OCc3ncco3)ccc12. The van der Waals surface area contributed by atoms with Crippen LogP contribution in [0.25, 0.3) is 22.2 Å². The van der Waals surface area contributed by atoms with Gasteiger partial charge in [0.15, 0.2) is 6.61 Å². The number of aromatic nitrogens is 2. The Balaban J connectivity index is 1.38. The van der Waals surface area contributed by atoms with Crippen LogP contribution in [-0.2, 0) is 17.6 Å². The molecule has 2 heterocycles. The van der Waals surface area contributed by atoms with Crippen LogP contribution in [0.5, 0.6) is 5.75 Å². The second kappa shape index (κ2) is 8.65. The zero-order valence-electron chi connectivity index (χ0n) is 18.6. The third-order valence-electron chi connectivity index (χ3n) is 6.58. The molecule has 2 aliphatic carbocycles. The van der Waals surface area contributed by atoms with E-state index in [-0.39, 0.29) is 11.9 Å². The molecule has 1 atom stereocenters. The zero-order valence-corrected chi connectivity index (χ0v) is 19.4. The molecule has 2 saturated carbocycles. The summed E-state index contributed by atoms with van der Waals surface area (Å²) in [5.74, 6) is 1.23. The van der Waals surface area contributed by atoms with Gasteiger partial charge in [-0.05, 0) is 61.9 Å². The lowest BCUT2D eigenvalue weighted by atomic mass is 9.92. The van der Waals surface area contributed by atoms with Gasteiger partial charge in [-0.1, -0.05) is 12.1 Å². The molecule has 0 saturated heterocycles. The van der Waals surface area contributed by atoms with Gasteiger partial charge >= 0.3 is 0 Å². The maximum Gasteiger partial charge on any atom is 0.232 e. The first-order valence-electron chi connectivity index (χ1n) is 11.6. The third kappa shape index (κ3) is 3.86. The molecule has 172 valence electrons. The molecular weight excluding hydrogens is 448 g/mol. The van der Waals surface area contributed by atoms with Crippen molar-refractivity contribution < 1.29 is 13.4 Å². The van der Waals surface area contributed by atoms with Crippen molar-refractivity contribution in [3.8, 4) is 23.1 Å². The standard InChI is InChI=1S/C26H24N4O3S/c27-15-23-22-11-8-20(33-16-25-28-12-13-32-25)14-24(22)30(19-2-1-3-19)26(23)17-4-6-18(7-5-17)29-34(31)21-9-10-21/h4-8,11-14,19,21,29H,1-3,9-10,16H2. The third-order valence-corrected chi connectivity index (χ3v) is 8.09. The Kier molecular flexibility index (Phi) is 5.34. The average Bonchev–Trinajstić information content (AvgIpc) is 3.46. The second-order valence-electron chi connectivity index (χ2n) is 8.86. The van der Waals surface area contributed by atoms with Crippen molar-refractivity contribution in [2.75, 3.05) is 4.72 Å². The molecule has 0 spiro atoms. The number of hydrogen-bond donors (Lipinski definition) is 1. The van der Waals surface area contributed by atoms with Gasteiger partial charge in [-0.15, -0.1) is 0 Å². The van der Waals surface area contributed by atoms with Crippen molar-refractivity contribution in [2.24, 2.45) is 0 Å². The van der Waals surface area contributed by atoms with Crippen molar-refractivity contribution in [1.82, 2.24) is 9.55 Å². The lowest BCUT2D eigenvalue weighted by molar-refractivity contribution is 0.263. The van der Waals surface area contributed by atoms with E-state index in [1.165, 1.54) is 12.7 Å². The topological polar surface area (TPSA) is 93.1 Å². The zero-order chi connectivity index (χ0) is 23.1. The molecular formula is C26H24N4O3S. The fourth-order valence-electron chi connectivity index (χ4n) is 4.45. The van der Waals surface area contributed by atoms with Crippen LogP contribution in [0.3, 0.4) is 0 Å². The van der Waals surface area contributed by atoms with Crippen LogP contribution in [0.15, 0.2) is 59.3 Å². The summed E-state index contributed by atoms with van der Waals surface area (Å²) in [6.07, 6.45) is 8.52. The highest BCUT2D eigenvalue weighted by Crippen LogP contribution is 2.43. The number of benzene rings is 2. The van der Waals surface area contributed by atoms with E-state index in [2.05, 4.69) is 20.3 Å². The molecule has 2 aromatic carbocycles. The van der Waals surface area contributed by atoms with Crippen molar-refractivity contribution in [2.45, 2.75) is 50.0 Å². The Labute approximate surface area is 199 Å². The normalized spacial score (nSPS) is 16.7. The van der Waals surface area contributed by atoms with E-state index in [1.54, 1.807) is 6.20 Å². The van der Waals surface area contributed by atoms with Gasteiger partial charge in [-0.3, -0.25) is 0 Å². The fourth-order valence-corrected chi connectivity index (χ4v) is 5.55.